The van der Waals surface area contributed by atoms with E-state index in [-0.39, 0.29) is 30.6 Å². The maximum absolute atomic E-state index is 13.7. The van der Waals surface area contributed by atoms with Crippen molar-refractivity contribution in [3.05, 3.63) is 37.3 Å². The minimum Gasteiger partial charge on any atom is -0.375 e. The summed E-state index contributed by atoms with van der Waals surface area (Å²) in [6, 6.07) is 0.459. The molecule has 1 saturated heterocycles. The van der Waals surface area contributed by atoms with E-state index >= 15 is 0 Å². The van der Waals surface area contributed by atoms with Crippen LogP contribution in [0.3, 0.4) is 0 Å². The first-order valence-electron chi connectivity index (χ1n) is 12.0. The largest absolute Gasteiger partial charge is 0.375 e. The quantitative estimate of drug-likeness (QED) is 0.127. The molecule has 0 bridgehead atoms. The summed E-state index contributed by atoms with van der Waals surface area (Å²) < 4.78 is 13.7. The van der Waals surface area contributed by atoms with Crippen LogP contribution in [0.25, 0.3) is 0 Å². The summed E-state index contributed by atoms with van der Waals surface area (Å²) in [5, 5.41) is 27.9. The smallest absolute Gasteiger partial charge is 0.104 e. The summed E-state index contributed by atoms with van der Waals surface area (Å²) in [7, 11) is 1.94. The summed E-state index contributed by atoms with van der Waals surface area (Å²) >= 11 is 0. The average Bonchev–Trinajstić information content (AvgIpc) is 2.75. The van der Waals surface area contributed by atoms with Crippen molar-refractivity contribution in [2.75, 3.05) is 33.2 Å². The fourth-order valence-electron chi connectivity index (χ4n) is 4.20. The molecule has 0 saturated carbocycles. The lowest BCUT2D eigenvalue weighted by atomic mass is 10.0. The Morgan fingerprint density at radius 3 is 2.78 bits per heavy atom. The Labute approximate surface area is 193 Å². The van der Waals surface area contributed by atoms with Gasteiger partial charge in [-0.2, -0.15) is 0 Å². The Bertz CT molecular complexity index is 566. The van der Waals surface area contributed by atoms with E-state index in [4.69, 9.17) is 0 Å². The van der Waals surface area contributed by atoms with E-state index in [9.17, 15) is 4.39 Å². The highest BCUT2D eigenvalue weighted by molar-refractivity contribution is 5.11. The average molecular weight is 453 g/mol. The summed E-state index contributed by atoms with van der Waals surface area (Å²) in [5.41, 5.74) is 0. The van der Waals surface area contributed by atoms with Crippen molar-refractivity contribution in [3.63, 3.8) is 0 Å². The highest BCUT2D eigenvalue weighted by Crippen LogP contribution is 2.13. The van der Waals surface area contributed by atoms with Gasteiger partial charge in [0.05, 0.1) is 24.3 Å². The van der Waals surface area contributed by atoms with Crippen LogP contribution in [0.5, 0.6) is 0 Å². The summed E-state index contributed by atoms with van der Waals surface area (Å²) in [6.45, 7) is 13.2. The fraction of sp³-hybridized carbons (Fsp3) is 0.739. The molecular formula is C23H45FN8. The highest BCUT2D eigenvalue weighted by atomic mass is 19.1. The van der Waals surface area contributed by atoms with Gasteiger partial charge in [-0.25, -0.2) is 4.39 Å². The third kappa shape index (κ3) is 10.3. The number of alkyl halides is 1. The Hall–Kier alpha value is -1.65. The Balaban J connectivity index is 1.94. The minimum absolute atomic E-state index is 0.0632. The van der Waals surface area contributed by atoms with E-state index in [0.29, 0.717) is 12.8 Å². The number of nitrogens with one attached hydrogen (secondary N) is 8. The van der Waals surface area contributed by atoms with Gasteiger partial charge in [0.2, 0.25) is 0 Å². The van der Waals surface area contributed by atoms with Crippen LogP contribution in [-0.4, -0.2) is 70.0 Å². The molecule has 1 fully saturated rings. The van der Waals surface area contributed by atoms with E-state index in [2.05, 4.69) is 68.7 Å². The van der Waals surface area contributed by atoms with Crippen molar-refractivity contribution < 1.29 is 4.39 Å². The normalized spacial score (nSPS) is 26.2. The van der Waals surface area contributed by atoms with Crippen LogP contribution in [0.1, 0.15) is 39.0 Å². The fourth-order valence-corrected chi connectivity index (χ4v) is 4.20. The molecule has 0 aromatic rings. The number of hydrogen-bond acceptors (Lipinski definition) is 8. The molecule has 32 heavy (non-hydrogen) atoms. The van der Waals surface area contributed by atoms with Gasteiger partial charge in [-0.3, -0.25) is 16.0 Å². The third-order valence-electron chi connectivity index (χ3n) is 5.75. The first kappa shape index (κ1) is 26.6. The zero-order valence-corrected chi connectivity index (χ0v) is 19.9. The molecule has 8 N–H and O–H groups in total. The van der Waals surface area contributed by atoms with E-state index < -0.39 is 6.17 Å². The van der Waals surface area contributed by atoms with Gasteiger partial charge >= 0.3 is 0 Å². The van der Waals surface area contributed by atoms with Gasteiger partial charge in [-0.15, -0.1) is 6.58 Å². The molecule has 2 heterocycles. The topological polar surface area (TPSA) is 96.2 Å². The molecule has 0 radical (unpaired) electrons. The molecule has 0 aromatic carbocycles. The van der Waals surface area contributed by atoms with Gasteiger partial charge in [0.15, 0.2) is 0 Å². The molecule has 8 nitrogen and oxygen atoms in total. The van der Waals surface area contributed by atoms with Crippen molar-refractivity contribution >= 4 is 0 Å². The maximum Gasteiger partial charge on any atom is 0.104 e. The number of piperazine rings is 1. The van der Waals surface area contributed by atoms with Crippen molar-refractivity contribution in [2.24, 2.45) is 0 Å². The molecule has 0 spiro atoms. The molecule has 6 atom stereocenters. The molecule has 184 valence electrons. The number of halogens is 1. The lowest BCUT2D eigenvalue weighted by molar-refractivity contribution is 0.273. The van der Waals surface area contributed by atoms with Crippen molar-refractivity contribution in [1.82, 2.24) is 42.5 Å². The van der Waals surface area contributed by atoms with Crippen molar-refractivity contribution in [2.45, 2.75) is 75.8 Å². The summed E-state index contributed by atoms with van der Waals surface area (Å²) in [4.78, 5) is 0. The van der Waals surface area contributed by atoms with E-state index in [1.165, 1.54) is 0 Å². The van der Waals surface area contributed by atoms with E-state index in [1.807, 2.05) is 7.05 Å². The van der Waals surface area contributed by atoms with Gasteiger partial charge < -0.3 is 26.6 Å². The molecule has 0 amide bonds. The van der Waals surface area contributed by atoms with Gasteiger partial charge in [0.1, 0.15) is 6.17 Å². The second-order valence-electron chi connectivity index (χ2n) is 8.74. The second kappa shape index (κ2) is 15.2. The molecule has 9 heteroatoms. The molecule has 0 aliphatic carbocycles. The number of allylic oxidation sites excluding steroid dienone is 1. The second-order valence-corrected chi connectivity index (χ2v) is 8.74. The van der Waals surface area contributed by atoms with Gasteiger partial charge in [-0.1, -0.05) is 12.7 Å². The minimum atomic E-state index is -0.785. The summed E-state index contributed by atoms with van der Waals surface area (Å²) in [5.74, 6) is 1.01. The SMILES string of the molecule is C=CC[C@@H](F)CCC[C@H](C)NC1=CC(NC2CNCCN2)CC(NC(CNC)NC=C)N1. The van der Waals surface area contributed by atoms with Crippen molar-refractivity contribution in [3.8, 4) is 0 Å². The molecular weight excluding hydrogens is 407 g/mol. The van der Waals surface area contributed by atoms with Crippen LogP contribution in [0.2, 0.25) is 0 Å². The molecule has 0 aromatic heterocycles. The standard InChI is InChI=1S/C23H45FN8/c1-5-8-18(24)10-7-9-17(3)29-20-13-19(30-23-16-26-11-12-28-23)14-21(31-20)32-22(15-25-4)27-6-2/h5-6,13,17-19,21-23,25-32H,1-2,7-12,14-16H2,3-4H3/t17-,18+,19?,21?,22?,23?/m0/s1. The molecule has 2 rings (SSSR count). The third-order valence-corrected chi connectivity index (χ3v) is 5.75. The molecule has 2 aliphatic heterocycles. The van der Waals surface area contributed by atoms with Gasteiger partial charge in [0, 0.05) is 44.7 Å². The zero-order chi connectivity index (χ0) is 23.2. The molecule has 4 unspecified atom stereocenters. The lowest BCUT2D eigenvalue weighted by Gasteiger charge is -2.37. The van der Waals surface area contributed by atoms with Crippen LogP contribution in [-0.2, 0) is 0 Å². The number of rotatable bonds is 16. The first-order valence-corrected chi connectivity index (χ1v) is 12.0. The van der Waals surface area contributed by atoms with Crippen LogP contribution >= 0.6 is 0 Å². The van der Waals surface area contributed by atoms with Crippen molar-refractivity contribution in [1.29, 1.82) is 0 Å². The first-order chi connectivity index (χ1) is 15.5. The van der Waals surface area contributed by atoms with Crippen LogP contribution in [0.4, 0.5) is 4.39 Å². The lowest BCUT2D eigenvalue weighted by Crippen LogP contribution is -2.62. The van der Waals surface area contributed by atoms with Gasteiger partial charge in [-0.05, 0) is 51.9 Å². The monoisotopic (exact) mass is 452 g/mol. The predicted octanol–water partition coefficient (Wildman–Crippen LogP) is 0.555. The van der Waals surface area contributed by atoms with Gasteiger partial charge in [0.25, 0.3) is 0 Å². The summed E-state index contributed by atoms with van der Waals surface area (Å²) in [6.07, 6.45) is 8.90. The highest BCUT2D eigenvalue weighted by Gasteiger charge is 2.26. The predicted molar refractivity (Wildman–Crippen MR) is 132 cm³/mol. The maximum atomic E-state index is 13.7. The van der Waals surface area contributed by atoms with Crippen LogP contribution in [0, 0.1) is 0 Å². The number of likely N-dealkylation sites (N-methyl/N-ethyl adjacent to an activating group) is 1. The zero-order valence-electron chi connectivity index (χ0n) is 19.9. The Kier molecular flexibility index (Phi) is 12.7. The van der Waals surface area contributed by atoms with Crippen LogP contribution in [0.15, 0.2) is 37.3 Å². The van der Waals surface area contributed by atoms with E-state index in [1.54, 1.807) is 12.3 Å². The Morgan fingerprint density at radius 1 is 1.25 bits per heavy atom. The van der Waals surface area contributed by atoms with Crippen LogP contribution < -0.4 is 42.5 Å². The molecule has 2 aliphatic rings. The Morgan fingerprint density at radius 2 is 2.09 bits per heavy atom. The van der Waals surface area contributed by atoms with E-state index in [0.717, 1.165) is 51.3 Å². The number of hydrogen-bond donors (Lipinski definition) is 8.